The molecular formula is C18H17F2NO. The van der Waals surface area contributed by atoms with Crippen LogP contribution in [0.2, 0.25) is 0 Å². The van der Waals surface area contributed by atoms with Crippen molar-refractivity contribution in [3.05, 3.63) is 59.2 Å². The minimum Gasteiger partial charge on any atom is -0.457 e. The molecule has 2 aromatic carbocycles. The molecule has 4 heteroatoms. The molecule has 4 rings (SSSR count). The fraction of sp³-hybridized carbons (Fsp3) is 0.333. The summed E-state index contributed by atoms with van der Waals surface area (Å²) in [6.07, 6.45) is 1.67. The summed E-state index contributed by atoms with van der Waals surface area (Å²) >= 11 is 0. The first-order valence-electron chi connectivity index (χ1n) is 7.55. The van der Waals surface area contributed by atoms with E-state index in [1.807, 2.05) is 0 Å². The maximum absolute atomic E-state index is 13.8. The zero-order chi connectivity index (χ0) is 15.3. The number of hydrogen-bond acceptors (Lipinski definition) is 2. The third kappa shape index (κ3) is 1.94. The molecule has 2 aliphatic heterocycles. The summed E-state index contributed by atoms with van der Waals surface area (Å²) in [5.41, 5.74) is 1.33. The lowest BCUT2D eigenvalue weighted by molar-refractivity contribution is 0.201. The zero-order valence-corrected chi connectivity index (χ0v) is 12.4. The highest BCUT2D eigenvalue weighted by atomic mass is 19.1. The van der Waals surface area contributed by atoms with Gasteiger partial charge in [0.2, 0.25) is 0 Å². The number of benzene rings is 2. The van der Waals surface area contributed by atoms with Gasteiger partial charge in [-0.3, -0.25) is 0 Å². The Bertz CT molecular complexity index is 682. The Balaban J connectivity index is 1.95. The second-order valence-corrected chi connectivity index (χ2v) is 6.27. The van der Waals surface area contributed by atoms with E-state index in [9.17, 15) is 8.78 Å². The quantitative estimate of drug-likeness (QED) is 0.727. The molecule has 1 saturated heterocycles. The smallest absolute Gasteiger partial charge is 0.131 e. The molecule has 1 spiro atoms. The van der Waals surface area contributed by atoms with Crippen LogP contribution in [0.25, 0.3) is 0 Å². The van der Waals surface area contributed by atoms with Crippen molar-refractivity contribution in [3.8, 4) is 11.5 Å². The monoisotopic (exact) mass is 301 g/mol. The molecular weight excluding hydrogens is 284 g/mol. The molecule has 2 aromatic rings. The van der Waals surface area contributed by atoms with Gasteiger partial charge in [-0.2, -0.15) is 0 Å². The van der Waals surface area contributed by atoms with E-state index in [4.69, 9.17) is 4.74 Å². The minimum atomic E-state index is -0.361. The first kappa shape index (κ1) is 13.7. The Morgan fingerprint density at radius 3 is 1.91 bits per heavy atom. The fourth-order valence-electron chi connectivity index (χ4n) is 3.73. The van der Waals surface area contributed by atoms with Crippen molar-refractivity contribution >= 4 is 0 Å². The van der Waals surface area contributed by atoms with Crippen LogP contribution in [-0.4, -0.2) is 25.0 Å². The maximum Gasteiger partial charge on any atom is 0.131 e. The Hall–Kier alpha value is -1.94. The molecule has 2 aliphatic rings. The number of likely N-dealkylation sites (tertiary alicyclic amines) is 1. The second-order valence-electron chi connectivity index (χ2n) is 6.27. The van der Waals surface area contributed by atoms with Gasteiger partial charge in [-0.1, -0.05) is 0 Å². The van der Waals surface area contributed by atoms with E-state index in [0.29, 0.717) is 11.5 Å². The summed E-state index contributed by atoms with van der Waals surface area (Å²) in [5, 5.41) is 0. The molecule has 0 aliphatic carbocycles. The topological polar surface area (TPSA) is 12.5 Å². The lowest BCUT2D eigenvalue weighted by Crippen LogP contribution is -2.43. The SMILES string of the molecule is CN1CCC2(CC1)c1cc(F)ccc1Oc1ccc(F)cc12. The molecule has 2 heterocycles. The number of hydrogen-bond donors (Lipinski definition) is 0. The van der Waals surface area contributed by atoms with Gasteiger partial charge >= 0.3 is 0 Å². The van der Waals surface area contributed by atoms with Gasteiger partial charge in [0.25, 0.3) is 0 Å². The molecule has 0 radical (unpaired) electrons. The van der Waals surface area contributed by atoms with Crippen LogP contribution >= 0.6 is 0 Å². The standard InChI is InChI=1S/C18H17F2NO/c1-21-8-6-18(7-9-21)14-10-12(19)2-4-16(14)22-17-5-3-13(20)11-15(17)18/h2-5,10-11H,6-9H2,1H3. The van der Waals surface area contributed by atoms with E-state index in [0.717, 1.165) is 37.1 Å². The van der Waals surface area contributed by atoms with Gasteiger partial charge in [0.15, 0.2) is 0 Å². The summed E-state index contributed by atoms with van der Waals surface area (Å²) in [5.74, 6) is 0.816. The van der Waals surface area contributed by atoms with Crippen molar-refractivity contribution < 1.29 is 13.5 Å². The van der Waals surface area contributed by atoms with Gasteiger partial charge in [-0.25, -0.2) is 8.78 Å². The molecule has 0 bridgehead atoms. The van der Waals surface area contributed by atoms with Crippen molar-refractivity contribution in [3.63, 3.8) is 0 Å². The summed E-state index contributed by atoms with van der Waals surface area (Å²) in [6.45, 7) is 1.79. The third-order valence-electron chi connectivity index (χ3n) is 4.97. The second kappa shape index (κ2) is 4.78. The van der Waals surface area contributed by atoms with Gasteiger partial charge < -0.3 is 9.64 Å². The fourth-order valence-corrected chi connectivity index (χ4v) is 3.73. The summed E-state index contributed by atoms with van der Waals surface area (Å²) in [6, 6.07) is 9.28. The van der Waals surface area contributed by atoms with Crippen LogP contribution in [0.4, 0.5) is 8.78 Å². The molecule has 22 heavy (non-hydrogen) atoms. The highest BCUT2D eigenvalue weighted by molar-refractivity contribution is 5.58. The van der Waals surface area contributed by atoms with Crippen molar-refractivity contribution in [2.45, 2.75) is 18.3 Å². The average molecular weight is 301 g/mol. The summed E-state index contributed by atoms with van der Waals surface area (Å²) in [7, 11) is 2.07. The van der Waals surface area contributed by atoms with E-state index in [2.05, 4.69) is 11.9 Å². The first-order valence-corrected chi connectivity index (χ1v) is 7.55. The predicted molar refractivity (Wildman–Crippen MR) is 80.4 cm³/mol. The number of halogens is 2. The number of rotatable bonds is 0. The molecule has 1 fully saturated rings. The summed E-state index contributed by atoms with van der Waals surface area (Å²) in [4.78, 5) is 2.25. The molecule has 0 aromatic heterocycles. The molecule has 0 unspecified atom stereocenters. The number of nitrogens with zero attached hydrogens (tertiary/aromatic N) is 1. The van der Waals surface area contributed by atoms with Crippen molar-refractivity contribution in [2.75, 3.05) is 20.1 Å². The summed E-state index contributed by atoms with van der Waals surface area (Å²) < 4.78 is 33.5. The lowest BCUT2D eigenvalue weighted by atomic mass is 9.66. The van der Waals surface area contributed by atoms with Crippen LogP contribution in [0.5, 0.6) is 11.5 Å². The van der Waals surface area contributed by atoms with Crippen LogP contribution < -0.4 is 4.74 Å². The minimum absolute atomic E-state index is 0.277. The number of fused-ring (bicyclic) bond motifs is 4. The Morgan fingerprint density at radius 1 is 0.909 bits per heavy atom. The molecule has 0 amide bonds. The van der Waals surface area contributed by atoms with Crippen LogP contribution in [0.1, 0.15) is 24.0 Å². The van der Waals surface area contributed by atoms with E-state index >= 15 is 0 Å². The Labute approximate surface area is 128 Å². The zero-order valence-electron chi connectivity index (χ0n) is 12.4. The van der Waals surface area contributed by atoms with E-state index < -0.39 is 0 Å². The van der Waals surface area contributed by atoms with Gasteiger partial charge in [-0.15, -0.1) is 0 Å². The molecule has 0 N–H and O–H groups in total. The van der Waals surface area contributed by atoms with E-state index in [1.54, 1.807) is 24.3 Å². The molecule has 2 nitrogen and oxygen atoms in total. The molecule has 114 valence electrons. The third-order valence-corrected chi connectivity index (χ3v) is 4.97. The van der Waals surface area contributed by atoms with Crippen molar-refractivity contribution in [1.82, 2.24) is 4.90 Å². The van der Waals surface area contributed by atoms with E-state index in [-0.39, 0.29) is 17.0 Å². The van der Waals surface area contributed by atoms with Gasteiger partial charge in [0, 0.05) is 16.5 Å². The van der Waals surface area contributed by atoms with Gasteiger partial charge in [0.1, 0.15) is 23.1 Å². The lowest BCUT2D eigenvalue weighted by Gasteiger charge is -2.45. The molecule has 0 saturated carbocycles. The van der Waals surface area contributed by atoms with Crippen LogP contribution in [0.3, 0.4) is 0 Å². The maximum atomic E-state index is 13.8. The largest absolute Gasteiger partial charge is 0.457 e. The number of piperidine rings is 1. The van der Waals surface area contributed by atoms with Crippen molar-refractivity contribution in [2.24, 2.45) is 0 Å². The van der Waals surface area contributed by atoms with Crippen molar-refractivity contribution in [1.29, 1.82) is 0 Å². The van der Waals surface area contributed by atoms with Crippen LogP contribution in [0.15, 0.2) is 36.4 Å². The molecule has 0 atom stereocenters. The predicted octanol–water partition coefficient (Wildman–Crippen LogP) is 4.08. The van der Waals surface area contributed by atoms with Gasteiger partial charge in [0.05, 0.1) is 0 Å². The highest BCUT2D eigenvalue weighted by Gasteiger charge is 2.44. The van der Waals surface area contributed by atoms with Gasteiger partial charge in [-0.05, 0) is 69.4 Å². The van der Waals surface area contributed by atoms with Crippen LogP contribution in [0, 0.1) is 11.6 Å². The normalized spacial score (nSPS) is 19.4. The first-order chi connectivity index (χ1) is 10.6. The van der Waals surface area contributed by atoms with E-state index in [1.165, 1.54) is 12.1 Å². The van der Waals surface area contributed by atoms with Crippen LogP contribution in [-0.2, 0) is 5.41 Å². The Kier molecular flexibility index (Phi) is 2.98. The number of ether oxygens (including phenoxy) is 1. The Morgan fingerprint density at radius 2 is 1.41 bits per heavy atom. The highest BCUT2D eigenvalue weighted by Crippen LogP contribution is 2.53. The average Bonchev–Trinajstić information content (AvgIpc) is 2.51.